The SMILES string of the molecule is CC(CCN=C=O)C(CCCCCCC(C(C)CCN=C=O)C(C)(N=C=O)C(C)(N=C=O)N=C=O)C(C)(N=C=O)C(C)(N=C=O)N=C=O. The van der Waals surface area contributed by atoms with Gasteiger partial charge in [-0.15, -0.1) is 0 Å². The van der Waals surface area contributed by atoms with Crippen LogP contribution in [0.2, 0.25) is 0 Å². The van der Waals surface area contributed by atoms with Crippen molar-refractivity contribution in [3.8, 4) is 0 Å². The predicted octanol–water partition coefficient (Wildman–Crippen LogP) is 4.25. The van der Waals surface area contributed by atoms with Crippen molar-refractivity contribution in [2.75, 3.05) is 13.1 Å². The van der Waals surface area contributed by atoms with Crippen LogP contribution in [-0.4, -0.2) is 84.1 Å². The molecule has 0 heterocycles. The first-order valence-corrected chi connectivity index (χ1v) is 15.4. The Morgan fingerprint density at radius 1 is 0.417 bits per heavy atom. The number of rotatable bonds is 25. The average molecular weight is 667 g/mol. The third-order valence-corrected chi connectivity index (χ3v) is 9.65. The van der Waals surface area contributed by atoms with Gasteiger partial charge in [0.15, 0.2) is 11.3 Å². The fourth-order valence-electron chi connectivity index (χ4n) is 6.48. The minimum atomic E-state index is -1.82. The van der Waals surface area contributed by atoms with Crippen LogP contribution in [0.15, 0.2) is 39.9 Å². The largest absolute Gasteiger partial charge is 0.237 e. The van der Waals surface area contributed by atoms with E-state index >= 15 is 0 Å². The molecule has 0 aliphatic carbocycles. The number of nitrogens with zero attached hydrogens (tertiary/aromatic N) is 8. The van der Waals surface area contributed by atoms with E-state index in [2.05, 4.69) is 39.9 Å². The van der Waals surface area contributed by atoms with Crippen molar-refractivity contribution in [2.45, 2.75) is 115 Å². The zero-order chi connectivity index (χ0) is 36.7. The molecule has 0 aromatic carbocycles. The monoisotopic (exact) mass is 666 g/mol. The maximum absolute atomic E-state index is 11.6. The van der Waals surface area contributed by atoms with E-state index in [0.29, 0.717) is 51.4 Å². The number of hydrogen-bond donors (Lipinski definition) is 0. The number of unbranched alkanes of at least 4 members (excludes halogenated alkanes) is 3. The Balaban J connectivity index is 6.36. The van der Waals surface area contributed by atoms with Crippen LogP contribution in [0.3, 0.4) is 0 Å². The predicted molar refractivity (Wildman–Crippen MR) is 171 cm³/mol. The fourth-order valence-corrected chi connectivity index (χ4v) is 6.48. The van der Waals surface area contributed by atoms with Crippen molar-refractivity contribution in [1.82, 2.24) is 0 Å². The topological polar surface area (TPSA) is 235 Å². The molecule has 0 aromatic rings. The summed E-state index contributed by atoms with van der Waals surface area (Å²) in [4.78, 5) is 120. The highest BCUT2D eigenvalue weighted by Crippen LogP contribution is 2.46. The highest BCUT2D eigenvalue weighted by molar-refractivity contribution is 5.44. The van der Waals surface area contributed by atoms with Gasteiger partial charge in [0.1, 0.15) is 11.1 Å². The zero-order valence-corrected chi connectivity index (χ0v) is 28.2. The molecule has 6 atom stereocenters. The Hall–Kier alpha value is -4.96. The second-order valence-electron chi connectivity index (χ2n) is 12.2. The van der Waals surface area contributed by atoms with Gasteiger partial charge in [0.05, 0.1) is 13.1 Å². The van der Waals surface area contributed by atoms with Crippen LogP contribution < -0.4 is 0 Å². The molecular formula is C32H42N8O8. The van der Waals surface area contributed by atoms with Gasteiger partial charge in [-0.05, 0) is 77.0 Å². The first-order valence-electron chi connectivity index (χ1n) is 15.4. The van der Waals surface area contributed by atoms with Crippen LogP contribution in [0.5, 0.6) is 0 Å². The molecule has 0 bridgehead atoms. The molecule has 0 radical (unpaired) electrons. The number of carbonyl (C=O) groups excluding carboxylic acids is 8. The normalized spacial score (nSPS) is 17.7. The Bertz CT molecular complexity index is 1320. The summed E-state index contributed by atoms with van der Waals surface area (Å²) < 4.78 is 0. The number of aliphatic imine (C=N–C) groups is 8. The van der Waals surface area contributed by atoms with Crippen LogP contribution in [0, 0.1) is 23.7 Å². The first kappa shape index (κ1) is 43.0. The standard InChI is InChI=1S/C32H42N8O8/c1-25(13-15-33-17-41)27(29(3,35-19-43)31(5,37-21-45)38-22-46)11-9-7-8-10-12-28(26(2)14-16-34-18-42)30(4,36-20-44)32(6,39-23-47)40-24-48/h25-28H,7-16H2,1-6H3. The summed E-state index contributed by atoms with van der Waals surface area (Å²) in [7, 11) is 0. The van der Waals surface area contributed by atoms with Gasteiger partial charge in [0.25, 0.3) is 0 Å². The van der Waals surface area contributed by atoms with Crippen molar-refractivity contribution in [2.24, 2.45) is 63.6 Å². The van der Waals surface area contributed by atoms with Gasteiger partial charge in [-0.2, -0.15) is 30.0 Å². The molecule has 0 spiro atoms. The molecule has 16 nitrogen and oxygen atoms in total. The summed E-state index contributed by atoms with van der Waals surface area (Å²) in [6.45, 7) is 9.82. The lowest BCUT2D eigenvalue weighted by Gasteiger charge is -2.43. The van der Waals surface area contributed by atoms with Crippen LogP contribution in [0.25, 0.3) is 0 Å². The lowest BCUT2D eigenvalue weighted by molar-refractivity contribution is 0.115. The van der Waals surface area contributed by atoms with Crippen molar-refractivity contribution >= 4 is 48.6 Å². The molecule has 0 N–H and O–H groups in total. The van der Waals surface area contributed by atoms with Crippen molar-refractivity contribution in [3.05, 3.63) is 0 Å². The lowest BCUT2D eigenvalue weighted by Crippen LogP contribution is -2.53. The summed E-state index contributed by atoms with van der Waals surface area (Å²) in [5.41, 5.74) is -6.67. The molecule has 0 aliphatic heterocycles. The molecule has 16 heteroatoms. The molecule has 48 heavy (non-hydrogen) atoms. The van der Waals surface area contributed by atoms with E-state index in [-0.39, 0.29) is 24.9 Å². The molecule has 6 unspecified atom stereocenters. The van der Waals surface area contributed by atoms with Crippen LogP contribution in [-0.2, 0) is 38.4 Å². The number of hydrogen-bond acceptors (Lipinski definition) is 16. The second kappa shape index (κ2) is 21.8. The van der Waals surface area contributed by atoms with Gasteiger partial charge in [0, 0.05) is 0 Å². The Morgan fingerprint density at radius 2 is 0.708 bits per heavy atom. The fraction of sp³-hybridized carbons (Fsp3) is 0.750. The van der Waals surface area contributed by atoms with E-state index in [4.69, 9.17) is 0 Å². The highest BCUT2D eigenvalue weighted by atomic mass is 16.1. The quantitative estimate of drug-likeness (QED) is 0.0773. The van der Waals surface area contributed by atoms with Crippen LogP contribution in [0.4, 0.5) is 0 Å². The van der Waals surface area contributed by atoms with Gasteiger partial charge in [0.2, 0.25) is 48.6 Å². The van der Waals surface area contributed by atoms with Gasteiger partial charge in [-0.25, -0.2) is 48.3 Å². The van der Waals surface area contributed by atoms with Crippen molar-refractivity contribution < 1.29 is 38.4 Å². The molecule has 0 fully saturated rings. The third-order valence-electron chi connectivity index (χ3n) is 9.65. The Kier molecular flexibility index (Phi) is 19.5. The van der Waals surface area contributed by atoms with Gasteiger partial charge >= 0.3 is 0 Å². The van der Waals surface area contributed by atoms with Crippen molar-refractivity contribution in [3.63, 3.8) is 0 Å². The van der Waals surface area contributed by atoms with Crippen LogP contribution in [0.1, 0.15) is 92.9 Å². The van der Waals surface area contributed by atoms with Gasteiger partial charge in [-0.1, -0.05) is 39.5 Å². The number of isocyanates is 8. The summed E-state index contributed by atoms with van der Waals surface area (Å²) in [5, 5.41) is 0. The van der Waals surface area contributed by atoms with E-state index < -0.39 is 34.2 Å². The van der Waals surface area contributed by atoms with E-state index in [1.165, 1.54) is 62.5 Å². The smallest absolute Gasteiger partial charge is 0.211 e. The zero-order valence-electron chi connectivity index (χ0n) is 28.2. The summed E-state index contributed by atoms with van der Waals surface area (Å²) in [5.74, 6) is -1.50. The summed E-state index contributed by atoms with van der Waals surface area (Å²) in [6, 6.07) is 0. The second-order valence-corrected chi connectivity index (χ2v) is 12.2. The molecule has 0 saturated carbocycles. The minimum Gasteiger partial charge on any atom is -0.211 e. The van der Waals surface area contributed by atoms with Crippen molar-refractivity contribution in [1.29, 1.82) is 0 Å². The van der Waals surface area contributed by atoms with Crippen LogP contribution >= 0.6 is 0 Å². The third kappa shape index (κ3) is 11.4. The summed E-state index contributed by atoms with van der Waals surface area (Å²) >= 11 is 0. The summed E-state index contributed by atoms with van der Waals surface area (Å²) in [6.07, 6.45) is 15.8. The maximum Gasteiger partial charge on any atom is 0.237 e. The molecule has 0 aromatic heterocycles. The van der Waals surface area contributed by atoms with E-state index in [1.807, 2.05) is 13.8 Å². The molecule has 258 valence electrons. The Morgan fingerprint density at radius 3 is 0.958 bits per heavy atom. The molecular weight excluding hydrogens is 624 g/mol. The molecule has 0 aliphatic rings. The Labute approximate surface area is 279 Å². The maximum atomic E-state index is 11.6. The first-order chi connectivity index (χ1) is 22.8. The minimum absolute atomic E-state index is 0.146. The average Bonchev–Trinajstić information content (AvgIpc) is 3.03. The lowest BCUT2D eigenvalue weighted by atomic mass is 9.67. The van der Waals surface area contributed by atoms with Gasteiger partial charge in [-0.3, -0.25) is 0 Å². The molecule has 0 rings (SSSR count). The molecule has 0 amide bonds. The van der Waals surface area contributed by atoms with E-state index in [9.17, 15) is 38.4 Å². The molecule has 0 saturated heterocycles. The highest BCUT2D eigenvalue weighted by Gasteiger charge is 2.54. The van der Waals surface area contributed by atoms with E-state index in [1.54, 1.807) is 13.8 Å². The van der Waals surface area contributed by atoms with E-state index in [0.717, 1.165) is 0 Å². The van der Waals surface area contributed by atoms with Gasteiger partial charge < -0.3 is 0 Å².